The number of hydrogen-bond acceptors (Lipinski definition) is 3. The van der Waals surface area contributed by atoms with E-state index in [1.54, 1.807) is 11.0 Å². The zero-order valence-electron chi connectivity index (χ0n) is 9.82. The van der Waals surface area contributed by atoms with Crippen molar-refractivity contribution >= 4 is 5.91 Å². The lowest BCUT2D eigenvalue weighted by Gasteiger charge is -2.26. The minimum Gasteiger partial charge on any atom is -0.395 e. The standard InChI is InChI=1S/C12H22N2O2/c1-2-6-14(7-8-15)12(16)9-11-4-3-5-13-10-11/h2,11,13,15H,1,3-10H2. The fourth-order valence-corrected chi connectivity index (χ4v) is 2.07. The first kappa shape index (κ1) is 13.2. The van der Waals surface area contributed by atoms with Crippen molar-refractivity contribution < 1.29 is 9.90 Å². The molecule has 1 fully saturated rings. The number of amides is 1. The van der Waals surface area contributed by atoms with Crippen molar-refractivity contribution in [2.24, 2.45) is 5.92 Å². The number of nitrogens with one attached hydrogen (secondary N) is 1. The molecule has 16 heavy (non-hydrogen) atoms. The normalized spacial score (nSPS) is 20.4. The third kappa shape index (κ3) is 4.33. The highest BCUT2D eigenvalue weighted by molar-refractivity contribution is 5.76. The summed E-state index contributed by atoms with van der Waals surface area (Å²) in [4.78, 5) is 13.6. The van der Waals surface area contributed by atoms with Gasteiger partial charge in [0.15, 0.2) is 0 Å². The lowest BCUT2D eigenvalue weighted by molar-refractivity contribution is -0.132. The zero-order chi connectivity index (χ0) is 11.8. The van der Waals surface area contributed by atoms with Gasteiger partial charge < -0.3 is 15.3 Å². The van der Waals surface area contributed by atoms with Crippen LogP contribution in [0.5, 0.6) is 0 Å². The molecule has 1 rings (SSSR count). The minimum absolute atomic E-state index is 0.0164. The van der Waals surface area contributed by atoms with Crippen LogP contribution in [0.3, 0.4) is 0 Å². The first-order chi connectivity index (χ1) is 7.77. The number of rotatable bonds is 6. The SMILES string of the molecule is C=CCN(CCO)C(=O)CC1CCCNC1. The van der Waals surface area contributed by atoms with Crippen LogP contribution in [0.2, 0.25) is 0 Å². The van der Waals surface area contributed by atoms with Gasteiger partial charge in [-0.15, -0.1) is 6.58 Å². The molecule has 0 bridgehead atoms. The van der Waals surface area contributed by atoms with Gasteiger partial charge in [0.2, 0.25) is 5.91 Å². The summed E-state index contributed by atoms with van der Waals surface area (Å²) in [5.74, 6) is 0.579. The first-order valence-electron chi connectivity index (χ1n) is 5.98. The van der Waals surface area contributed by atoms with Crippen molar-refractivity contribution in [3.8, 4) is 0 Å². The van der Waals surface area contributed by atoms with Crippen molar-refractivity contribution in [3.63, 3.8) is 0 Å². The van der Waals surface area contributed by atoms with Crippen molar-refractivity contribution in [1.82, 2.24) is 10.2 Å². The summed E-state index contributed by atoms with van der Waals surface area (Å²) in [6.45, 7) is 6.58. The topological polar surface area (TPSA) is 52.6 Å². The summed E-state index contributed by atoms with van der Waals surface area (Å²) < 4.78 is 0. The Hall–Kier alpha value is -0.870. The van der Waals surface area contributed by atoms with Crippen LogP contribution in [-0.4, -0.2) is 48.7 Å². The molecule has 0 aromatic heterocycles. The van der Waals surface area contributed by atoms with E-state index in [9.17, 15) is 4.79 Å². The Bertz CT molecular complexity index is 225. The Morgan fingerprint density at radius 2 is 2.44 bits per heavy atom. The first-order valence-corrected chi connectivity index (χ1v) is 5.98. The minimum atomic E-state index is 0.0164. The molecule has 2 N–H and O–H groups in total. The number of carbonyl (C=O) groups is 1. The molecule has 4 heteroatoms. The van der Waals surface area contributed by atoms with Gasteiger partial charge in [-0.1, -0.05) is 6.08 Å². The molecule has 1 atom stereocenters. The summed E-state index contributed by atoms with van der Waals surface area (Å²) in [5, 5.41) is 12.2. The highest BCUT2D eigenvalue weighted by Gasteiger charge is 2.19. The molecular formula is C12H22N2O2. The molecule has 1 saturated heterocycles. The van der Waals surface area contributed by atoms with Crippen LogP contribution < -0.4 is 5.32 Å². The quantitative estimate of drug-likeness (QED) is 0.644. The molecule has 0 saturated carbocycles. The fourth-order valence-electron chi connectivity index (χ4n) is 2.07. The lowest BCUT2D eigenvalue weighted by atomic mass is 9.95. The molecule has 0 aromatic rings. The van der Waals surface area contributed by atoms with Gasteiger partial charge in [-0.3, -0.25) is 4.79 Å². The Labute approximate surface area is 97.3 Å². The molecule has 0 aromatic carbocycles. The molecule has 1 heterocycles. The predicted molar refractivity (Wildman–Crippen MR) is 64.1 cm³/mol. The van der Waals surface area contributed by atoms with Gasteiger partial charge in [0.25, 0.3) is 0 Å². The Balaban J connectivity index is 2.37. The Morgan fingerprint density at radius 3 is 3.00 bits per heavy atom. The van der Waals surface area contributed by atoms with E-state index in [0.717, 1.165) is 25.9 Å². The molecule has 4 nitrogen and oxygen atoms in total. The molecule has 0 aliphatic carbocycles. The van der Waals surface area contributed by atoms with Crippen LogP contribution >= 0.6 is 0 Å². The highest BCUT2D eigenvalue weighted by Crippen LogP contribution is 2.15. The smallest absolute Gasteiger partial charge is 0.223 e. The second kappa shape index (κ2) is 7.41. The second-order valence-corrected chi connectivity index (χ2v) is 4.27. The van der Waals surface area contributed by atoms with Gasteiger partial charge >= 0.3 is 0 Å². The van der Waals surface area contributed by atoms with Crippen LogP contribution in [0.4, 0.5) is 0 Å². The van der Waals surface area contributed by atoms with E-state index in [-0.39, 0.29) is 12.5 Å². The van der Waals surface area contributed by atoms with Gasteiger partial charge in [0, 0.05) is 19.5 Å². The lowest BCUT2D eigenvalue weighted by Crippen LogP contribution is -2.38. The van der Waals surface area contributed by atoms with Crippen LogP contribution in [-0.2, 0) is 4.79 Å². The van der Waals surface area contributed by atoms with Crippen molar-refractivity contribution in [2.75, 3.05) is 32.8 Å². The molecule has 1 amide bonds. The van der Waals surface area contributed by atoms with E-state index in [2.05, 4.69) is 11.9 Å². The van der Waals surface area contributed by atoms with Gasteiger partial charge in [-0.25, -0.2) is 0 Å². The van der Waals surface area contributed by atoms with E-state index in [0.29, 0.717) is 25.4 Å². The zero-order valence-corrected chi connectivity index (χ0v) is 9.82. The van der Waals surface area contributed by atoms with Crippen molar-refractivity contribution in [2.45, 2.75) is 19.3 Å². The largest absolute Gasteiger partial charge is 0.395 e. The van der Waals surface area contributed by atoms with Crippen molar-refractivity contribution in [3.05, 3.63) is 12.7 Å². The predicted octanol–water partition coefficient (Wildman–Crippen LogP) is 0.383. The molecule has 1 unspecified atom stereocenters. The maximum Gasteiger partial charge on any atom is 0.223 e. The van der Waals surface area contributed by atoms with Gasteiger partial charge in [0.1, 0.15) is 0 Å². The van der Waals surface area contributed by atoms with E-state index in [1.165, 1.54) is 0 Å². The maximum absolute atomic E-state index is 11.9. The average molecular weight is 226 g/mol. The second-order valence-electron chi connectivity index (χ2n) is 4.27. The third-order valence-corrected chi connectivity index (χ3v) is 2.93. The number of carbonyl (C=O) groups excluding carboxylic acids is 1. The Morgan fingerprint density at radius 1 is 1.62 bits per heavy atom. The van der Waals surface area contributed by atoms with Crippen molar-refractivity contribution in [1.29, 1.82) is 0 Å². The van der Waals surface area contributed by atoms with Crippen LogP contribution in [0.25, 0.3) is 0 Å². The van der Waals surface area contributed by atoms with Crippen LogP contribution in [0, 0.1) is 5.92 Å². The summed E-state index contributed by atoms with van der Waals surface area (Å²) >= 11 is 0. The Kier molecular flexibility index (Phi) is 6.11. The van der Waals surface area contributed by atoms with E-state index in [1.807, 2.05) is 0 Å². The summed E-state index contributed by atoms with van der Waals surface area (Å²) in [6.07, 6.45) is 4.56. The van der Waals surface area contributed by atoms with Gasteiger partial charge in [-0.2, -0.15) is 0 Å². The van der Waals surface area contributed by atoms with Crippen LogP contribution in [0.15, 0.2) is 12.7 Å². The molecular weight excluding hydrogens is 204 g/mol. The van der Waals surface area contributed by atoms with E-state index in [4.69, 9.17) is 5.11 Å². The molecule has 0 spiro atoms. The summed E-state index contributed by atoms with van der Waals surface area (Å²) in [7, 11) is 0. The molecule has 1 aliphatic heterocycles. The maximum atomic E-state index is 11.9. The number of nitrogens with zero attached hydrogens (tertiary/aromatic N) is 1. The molecule has 92 valence electrons. The monoisotopic (exact) mass is 226 g/mol. The van der Waals surface area contributed by atoms with E-state index < -0.39 is 0 Å². The van der Waals surface area contributed by atoms with Crippen LogP contribution in [0.1, 0.15) is 19.3 Å². The number of hydrogen-bond donors (Lipinski definition) is 2. The van der Waals surface area contributed by atoms with Gasteiger partial charge in [0.05, 0.1) is 6.61 Å². The van der Waals surface area contributed by atoms with Gasteiger partial charge in [-0.05, 0) is 31.8 Å². The number of aliphatic hydroxyl groups excluding tert-OH is 1. The number of aliphatic hydroxyl groups is 1. The fraction of sp³-hybridized carbons (Fsp3) is 0.750. The summed E-state index contributed by atoms with van der Waals surface area (Å²) in [6, 6.07) is 0. The average Bonchev–Trinajstić information content (AvgIpc) is 2.30. The molecule has 0 radical (unpaired) electrons. The van der Waals surface area contributed by atoms with E-state index >= 15 is 0 Å². The summed E-state index contributed by atoms with van der Waals surface area (Å²) in [5.41, 5.74) is 0. The molecule has 1 aliphatic rings. The third-order valence-electron chi connectivity index (χ3n) is 2.93. The number of piperidine rings is 1. The highest BCUT2D eigenvalue weighted by atomic mass is 16.3.